The van der Waals surface area contributed by atoms with Crippen LogP contribution < -0.4 is 10.2 Å². The number of guanidine groups is 1. The van der Waals surface area contributed by atoms with Gasteiger partial charge >= 0.3 is 0 Å². The lowest BCUT2D eigenvalue weighted by atomic mass is 10.0. The van der Waals surface area contributed by atoms with Crippen molar-refractivity contribution in [3.8, 4) is 0 Å². The molecule has 0 spiro atoms. The number of rotatable bonds is 2. The minimum absolute atomic E-state index is 0.160. The van der Waals surface area contributed by atoms with Gasteiger partial charge in [-0.1, -0.05) is 60.1 Å². The fraction of sp³-hybridized carbons (Fsp3) is 0.125. The summed E-state index contributed by atoms with van der Waals surface area (Å²) in [5.41, 5.74) is 4.25. The number of halogens is 1. The molecule has 2 aliphatic heterocycles. The highest BCUT2D eigenvalue weighted by atomic mass is 35.5. The summed E-state index contributed by atoms with van der Waals surface area (Å²) >= 11 is 6.37. The maximum atomic E-state index is 12.8. The third-order valence-corrected chi connectivity index (χ3v) is 5.64. The Morgan fingerprint density at radius 3 is 2.48 bits per heavy atom. The summed E-state index contributed by atoms with van der Waals surface area (Å²) in [4.78, 5) is 19.8. The first-order valence-corrected chi connectivity index (χ1v) is 10.4. The monoisotopic (exact) mass is 429 g/mol. The molecule has 0 radical (unpaired) electrons. The zero-order valence-corrected chi connectivity index (χ0v) is 17.6. The smallest absolute Gasteiger partial charge is 0.258 e. The average Bonchev–Trinajstić information content (AvgIpc) is 2.99. The van der Waals surface area contributed by atoms with Crippen molar-refractivity contribution in [2.24, 2.45) is 10.1 Å². The van der Waals surface area contributed by atoms with Crippen LogP contribution in [0, 0.1) is 0 Å². The molecule has 6 nitrogen and oxygen atoms in total. The average molecular weight is 430 g/mol. The number of benzene rings is 3. The molecule has 3 aromatic rings. The number of carbonyl (C=O) groups excluding carboxylic acids is 1. The maximum absolute atomic E-state index is 12.8. The summed E-state index contributed by atoms with van der Waals surface area (Å²) in [5.74, 6) is 0.256. The number of nitrogens with one attached hydrogen (secondary N) is 1. The molecule has 2 aliphatic rings. The molecule has 0 fully saturated rings. The fourth-order valence-corrected chi connectivity index (χ4v) is 4.08. The van der Waals surface area contributed by atoms with Gasteiger partial charge in [0, 0.05) is 28.8 Å². The molecular weight excluding hydrogens is 410 g/mol. The number of hydrogen-bond donors (Lipinski definition) is 1. The van der Waals surface area contributed by atoms with E-state index < -0.39 is 0 Å². The minimum Gasteiger partial charge on any atom is -0.291 e. The lowest BCUT2D eigenvalue weighted by Crippen LogP contribution is -2.48. The van der Waals surface area contributed by atoms with Crippen molar-refractivity contribution < 1.29 is 4.79 Å². The SMILES string of the molecule is CN1N=C(NC(=O)c2ccccc2)N2c3ccc(Cl)cc3C(c3ccccc3)=NCC12. The van der Waals surface area contributed by atoms with Crippen LogP contribution in [0.15, 0.2) is 89.0 Å². The number of likely N-dealkylation sites (N-methyl/N-ethyl adjacent to an activating group) is 1. The first-order chi connectivity index (χ1) is 15.1. The highest BCUT2D eigenvalue weighted by molar-refractivity contribution is 6.32. The molecule has 154 valence electrons. The van der Waals surface area contributed by atoms with Crippen LogP contribution in [0.4, 0.5) is 5.69 Å². The number of nitrogens with zero attached hydrogens (tertiary/aromatic N) is 4. The standard InChI is InChI=1S/C24H20ClN5O/c1-29-21-15-26-22(16-8-4-2-5-9-16)19-14-18(25)12-13-20(19)30(21)24(28-29)27-23(31)17-10-6-3-7-11-17/h2-14,21H,15H2,1H3,(H,27,28,31). The van der Waals surface area contributed by atoms with Crippen molar-refractivity contribution in [3.63, 3.8) is 0 Å². The summed E-state index contributed by atoms with van der Waals surface area (Å²) in [5, 5.41) is 10.0. The summed E-state index contributed by atoms with van der Waals surface area (Å²) in [7, 11) is 1.89. The van der Waals surface area contributed by atoms with Crippen molar-refractivity contribution in [1.29, 1.82) is 0 Å². The number of hydrogen-bond acceptors (Lipinski definition) is 5. The first kappa shape index (κ1) is 19.3. The normalized spacial score (nSPS) is 17.3. The van der Waals surface area contributed by atoms with E-state index in [4.69, 9.17) is 16.6 Å². The Bertz CT molecular complexity index is 1190. The fourth-order valence-electron chi connectivity index (χ4n) is 3.90. The van der Waals surface area contributed by atoms with Crippen LogP contribution in [0.1, 0.15) is 21.5 Å². The molecule has 0 bridgehead atoms. The Labute approximate surface area is 185 Å². The predicted molar refractivity (Wildman–Crippen MR) is 124 cm³/mol. The highest BCUT2D eigenvalue weighted by Gasteiger charge is 2.38. The van der Waals surface area contributed by atoms with Crippen molar-refractivity contribution in [3.05, 3.63) is 101 Å². The van der Waals surface area contributed by atoms with Crippen LogP contribution in [0.3, 0.4) is 0 Å². The van der Waals surface area contributed by atoms with Crippen LogP contribution >= 0.6 is 11.6 Å². The molecular formula is C24H20ClN5O. The molecule has 1 atom stereocenters. The van der Waals surface area contributed by atoms with E-state index in [2.05, 4.69) is 10.4 Å². The van der Waals surface area contributed by atoms with E-state index >= 15 is 0 Å². The Kier molecular flexibility index (Phi) is 4.92. The van der Waals surface area contributed by atoms with Crippen molar-refractivity contribution in [2.45, 2.75) is 6.17 Å². The van der Waals surface area contributed by atoms with Crippen LogP contribution in [0.5, 0.6) is 0 Å². The van der Waals surface area contributed by atoms with Gasteiger partial charge in [0.05, 0.1) is 17.9 Å². The van der Waals surface area contributed by atoms with Crippen molar-refractivity contribution in [1.82, 2.24) is 10.3 Å². The molecule has 0 aliphatic carbocycles. The molecule has 7 heteroatoms. The van der Waals surface area contributed by atoms with Crippen LogP contribution in [-0.2, 0) is 0 Å². The quantitative estimate of drug-likeness (QED) is 0.670. The lowest BCUT2D eigenvalue weighted by Gasteiger charge is -2.28. The molecule has 0 aromatic heterocycles. The second kappa shape index (κ2) is 7.89. The van der Waals surface area contributed by atoms with Crippen LogP contribution in [0.2, 0.25) is 5.02 Å². The van der Waals surface area contributed by atoms with Gasteiger partial charge < -0.3 is 0 Å². The second-order valence-electron chi connectivity index (χ2n) is 7.38. The summed E-state index contributed by atoms with van der Waals surface area (Å²) in [6.07, 6.45) is -0.160. The molecule has 5 rings (SSSR count). The van der Waals surface area contributed by atoms with Gasteiger partial charge in [0.15, 0.2) is 0 Å². The van der Waals surface area contributed by atoms with E-state index in [0.717, 1.165) is 22.5 Å². The van der Waals surface area contributed by atoms with Gasteiger partial charge in [-0.05, 0) is 30.3 Å². The summed E-state index contributed by atoms with van der Waals surface area (Å²) in [6, 6.07) is 24.9. The van der Waals surface area contributed by atoms with E-state index in [1.807, 2.05) is 83.7 Å². The van der Waals surface area contributed by atoms with E-state index in [-0.39, 0.29) is 12.1 Å². The Morgan fingerprint density at radius 1 is 1.03 bits per heavy atom. The molecule has 0 saturated carbocycles. The van der Waals surface area contributed by atoms with Gasteiger partial charge in [-0.15, -0.1) is 5.10 Å². The maximum Gasteiger partial charge on any atom is 0.258 e. The van der Waals surface area contributed by atoms with Gasteiger partial charge in [0.1, 0.15) is 6.17 Å². The number of anilines is 1. The first-order valence-electron chi connectivity index (χ1n) is 9.99. The number of carbonyl (C=O) groups is 1. The number of hydrazone groups is 1. The van der Waals surface area contributed by atoms with E-state index in [1.165, 1.54) is 0 Å². The van der Waals surface area contributed by atoms with Crippen LogP contribution in [-0.4, -0.2) is 42.3 Å². The molecule has 31 heavy (non-hydrogen) atoms. The Hall–Kier alpha value is -3.64. The van der Waals surface area contributed by atoms with E-state index in [9.17, 15) is 4.79 Å². The van der Waals surface area contributed by atoms with E-state index in [0.29, 0.717) is 23.1 Å². The third kappa shape index (κ3) is 3.55. The van der Waals surface area contributed by atoms with Crippen molar-refractivity contribution in [2.75, 3.05) is 18.5 Å². The topological polar surface area (TPSA) is 60.3 Å². The summed E-state index contributed by atoms with van der Waals surface area (Å²) < 4.78 is 0. The number of amides is 1. The summed E-state index contributed by atoms with van der Waals surface area (Å²) in [6.45, 7) is 0.487. The van der Waals surface area contributed by atoms with Crippen molar-refractivity contribution >= 4 is 34.9 Å². The zero-order valence-electron chi connectivity index (χ0n) is 16.9. The van der Waals surface area contributed by atoms with Gasteiger partial charge in [-0.3, -0.25) is 25.0 Å². The second-order valence-corrected chi connectivity index (χ2v) is 7.82. The van der Waals surface area contributed by atoms with Gasteiger partial charge in [0.25, 0.3) is 5.91 Å². The van der Waals surface area contributed by atoms with E-state index in [1.54, 1.807) is 12.1 Å². The zero-order chi connectivity index (χ0) is 21.4. The molecule has 1 amide bonds. The molecule has 0 saturated heterocycles. The number of fused-ring (bicyclic) bond motifs is 3. The predicted octanol–water partition coefficient (Wildman–Crippen LogP) is 3.97. The van der Waals surface area contributed by atoms with Gasteiger partial charge in [0.2, 0.25) is 5.96 Å². The third-order valence-electron chi connectivity index (χ3n) is 5.40. The van der Waals surface area contributed by atoms with Crippen LogP contribution in [0.25, 0.3) is 0 Å². The Balaban J connectivity index is 1.57. The molecule has 2 heterocycles. The molecule has 1 N–H and O–H groups in total. The number of aliphatic imine (C=N–C) groups is 1. The lowest BCUT2D eigenvalue weighted by molar-refractivity contribution is 0.0976. The van der Waals surface area contributed by atoms with Gasteiger partial charge in [-0.2, -0.15) is 0 Å². The largest absolute Gasteiger partial charge is 0.291 e. The minimum atomic E-state index is -0.211. The molecule has 1 unspecified atom stereocenters. The Morgan fingerprint density at radius 2 is 1.74 bits per heavy atom. The van der Waals surface area contributed by atoms with Gasteiger partial charge in [-0.25, -0.2) is 0 Å². The molecule has 3 aromatic carbocycles. The highest BCUT2D eigenvalue weighted by Crippen LogP contribution is 2.34.